The second kappa shape index (κ2) is 6.81. The molecule has 110 valence electrons. The summed E-state index contributed by atoms with van der Waals surface area (Å²) in [4.78, 5) is 23.2. The molecule has 0 aliphatic heterocycles. The van der Waals surface area contributed by atoms with Gasteiger partial charge in [-0.2, -0.15) is 0 Å². The Morgan fingerprint density at radius 3 is 2.67 bits per heavy atom. The van der Waals surface area contributed by atoms with E-state index in [1.807, 2.05) is 0 Å². The van der Waals surface area contributed by atoms with Gasteiger partial charge in [0.15, 0.2) is 0 Å². The highest BCUT2D eigenvalue weighted by Gasteiger charge is 2.13. The van der Waals surface area contributed by atoms with Gasteiger partial charge >= 0.3 is 0 Å². The van der Waals surface area contributed by atoms with Crippen LogP contribution in [0, 0.1) is 5.82 Å². The fourth-order valence-electron chi connectivity index (χ4n) is 1.85. The van der Waals surface area contributed by atoms with Crippen LogP contribution in [0.4, 0.5) is 4.39 Å². The Balaban J connectivity index is 1.91. The molecule has 21 heavy (non-hydrogen) atoms. The van der Waals surface area contributed by atoms with Gasteiger partial charge in [0.1, 0.15) is 5.82 Å². The summed E-state index contributed by atoms with van der Waals surface area (Å²) < 4.78 is 14.7. The number of aliphatic hydroxyl groups excluding tert-OH is 1. The zero-order valence-corrected chi connectivity index (χ0v) is 11.2. The van der Waals surface area contributed by atoms with Crippen molar-refractivity contribution in [1.29, 1.82) is 0 Å². The summed E-state index contributed by atoms with van der Waals surface area (Å²) in [6.45, 7) is -0.0221. The molecule has 0 saturated heterocycles. The number of pyridine rings is 1. The maximum atomic E-state index is 13.4. The molecule has 1 unspecified atom stereocenters. The number of rotatable bonds is 5. The molecule has 1 heterocycles. The normalized spacial score (nSPS) is 11.9. The van der Waals surface area contributed by atoms with Crippen LogP contribution in [0.5, 0.6) is 0 Å². The summed E-state index contributed by atoms with van der Waals surface area (Å²) >= 11 is 0. The van der Waals surface area contributed by atoms with E-state index in [0.717, 1.165) is 0 Å². The first-order valence-corrected chi connectivity index (χ1v) is 6.44. The van der Waals surface area contributed by atoms with Gasteiger partial charge in [-0.05, 0) is 18.2 Å². The highest BCUT2D eigenvalue weighted by molar-refractivity contribution is 5.94. The summed E-state index contributed by atoms with van der Waals surface area (Å²) in [6.07, 6.45) is 0.602. The van der Waals surface area contributed by atoms with Crippen LogP contribution in [0.15, 0.2) is 53.5 Å². The Labute approximate surface area is 120 Å². The Bertz CT molecular complexity index is 684. The third-order valence-electron chi connectivity index (χ3n) is 2.92. The first kappa shape index (κ1) is 14.9. The highest BCUT2D eigenvalue weighted by atomic mass is 19.1. The van der Waals surface area contributed by atoms with Gasteiger partial charge in [0.2, 0.25) is 0 Å². The third-order valence-corrected chi connectivity index (χ3v) is 2.92. The number of aromatic nitrogens is 1. The van der Waals surface area contributed by atoms with Gasteiger partial charge < -0.3 is 15.0 Å². The smallest absolute Gasteiger partial charge is 0.254 e. The van der Waals surface area contributed by atoms with Crippen LogP contribution in [0.25, 0.3) is 0 Å². The molecule has 0 aliphatic carbocycles. The summed E-state index contributed by atoms with van der Waals surface area (Å²) in [7, 11) is 0. The lowest BCUT2D eigenvalue weighted by atomic mass is 10.2. The molecule has 0 saturated carbocycles. The van der Waals surface area contributed by atoms with Gasteiger partial charge in [-0.1, -0.05) is 18.2 Å². The number of amides is 1. The predicted molar refractivity (Wildman–Crippen MR) is 75.4 cm³/mol. The number of carbonyl (C=O) groups is 1. The van der Waals surface area contributed by atoms with E-state index in [1.54, 1.807) is 24.4 Å². The summed E-state index contributed by atoms with van der Waals surface area (Å²) in [5, 5.41) is 12.3. The molecule has 1 amide bonds. The molecule has 2 N–H and O–H groups in total. The maximum Gasteiger partial charge on any atom is 0.254 e. The number of aliphatic hydroxyl groups is 1. The van der Waals surface area contributed by atoms with Crippen LogP contribution in [0.3, 0.4) is 0 Å². The van der Waals surface area contributed by atoms with E-state index in [0.29, 0.717) is 0 Å². The maximum absolute atomic E-state index is 13.4. The van der Waals surface area contributed by atoms with Crippen molar-refractivity contribution in [3.05, 3.63) is 70.4 Å². The van der Waals surface area contributed by atoms with Gasteiger partial charge in [-0.15, -0.1) is 0 Å². The van der Waals surface area contributed by atoms with Crippen molar-refractivity contribution in [2.24, 2.45) is 0 Å². The number of benzene rings is 1. The van der Waals surface area contributed by atoms with Crippen molar-refractivity contribution in [1.82, 2.24) is 9.88 Å². The highest BCUT2D eigenvalue weighted by Crippen LogP contribution is 2.05. The number of carbonyl (C=O) groups excluding carboxylic acids is 1. The predicted octanol–water partition coefficient (Wildman–Crippen LogP) is 0.778. The average Bonchev–Trinajstić information content (AvgIpc) is 2.48. The van der Waals surface area contributed by atoms with Crippen LogP contribution in [-0.4, -0.2) is 28.2 Å². The Morgan fingerprint density at radius 2 is 1.95 bits per heavy atom. The van der Waals surface area contributed by atoms with E-state index in [4.69, 9.17) is 0 Å². The minimum atomic E-state index is -0.944. The quantitative estimate of drug-likeness (QED) is 0.855. The zero-order chi connectivity index (χ0) is 15.2. The largest absolute Gasteiger partial charge is 0.389 e. The number of nitrogens with one attached hydrogen (secondary N) is 1. The summed E-state index contributed by atoms with van der Waals surface area (Å²) in [5.74, 6) is -1.23. The molecule has 1 aromatic heterocycles. The zero-order valence-electron chi connectivity index (χ0n) is 11.2. The standard InChI is InChI=1S/C15H15FN2O3/c16-13-6-2-1-5-12(13)15(21)17-9-11(19)10-18-8-4-3-7-14(18)20/h1-8,11,19H,9-10H2,(H,17,21). The second-order valence-electron chi connectivity index (χ2n) is 4.53. The third kappa shape index (κ3) is 4.00. The molecular formula is C15H15FN2O3. The van der Waals surface area contributed by atoms with Crippen LogP contribution in [0.1, 0.15) is 10.4 Å². The van der Waals surface area contributed by atoms with E-state index in [9.17, 15) is 19.1 Å². The van der Waals surface area contributed by atoms with E-state index in [1.165, 1.54) is 28.8 Å². The van der Waals surface area contributed by atoms with Gasteiger partial charge in [-0.3, -0.25) is 9.59 Å². The lowest BCUT2D eigenvalue weighted by molar-refractivity contribution is 0.0899. The number of hydrogen-bond acceptors (Lipinski definition) is 3. The van der Waals surface area contributed by atoms with Gasteiger partial charge in [-0.25, -0.2) is 4.39 Å². The van der Waals surface area contributed by atoms with Crippen LogP contribution in [0.2, 0.25) is 0 Å². The van der Waals surface area contributed by atoms with Crippen molar-refractivity contribution in [2.45, 2.75) is 12.6 Å². The monoisotopic (exact) mass is 290 g/mol. The number of halogens is 1. The van der Waals surface area contributed by atoms with Crippen LogP contribution < -0.4 is 10.9 Å². The molecule has 0 spiro atoms. The van der Waals surface area contributed by atoms with Crippen LogP contribution >= 0.6 is 0 Å². The minimum absolute atomic E-state index is 0.0528. The Hall–Kier alpha value is -2.47. The molecule has 1 aromatic carbocycles. The molecular weight excluding hydrogens is 275 g/mol. The molecule has 1 atom stereocenters. The topological polar surface area (TPSA) is 71.3 Å². The molecule has 0 aliphatic rings. The molecule has 0 fully saturated rings. The lowest BCUT2D eigenvalue weighted by Crippen LogP contribution is -2.36. The molecule has 0 radical (unpaired) electrons. The second-order valence-corrected chi connectivity index (χ2v) is 4.53. The van der Waals surface area contributed by atoms with Gasteiger partial charge in [0.05, 0.1) is 18.2 Å². The van der Waals surface area contributed by atoms with Gasteiger partial charge in [0, 0.05) is 18.8 Å². The fraction of sp³-hybridized carbons (Fsp3) is 0.200. The molecule has 2 aromatic rings. The molecule has 5 nitrogen and oxygen atoms in total. The first-order valence-electron chi connectivity index (χ1n) is 6.44. The molecule has 0 bridgehead atoms. The van der Waals surface area contributed by atoms with Crippen molar-refractivity contribution in [2.75, 3.05) is 6.54 Å². The summed E-state index contributed by atoms with van der Waals surface area (Å²) in [6, 6.07) is 10.2. The van der Waals surface area contributed by atoms with Crippen molar-refractivity contribution >= 4 is 5.91 Å². The average molecular weight is 290 g/mol. The molecule has 6 heteroatoms. The number of hydrogen-bond donors (Lipinski definition) is 2. The van der Waals surface area contributed by atoms with Crippen molar-refractivity contribution in [3.63, 3.8) is 0 Å². The van der Waals surface area contributed by atoms with Crippen LogP contribution in [-0.2, 0) is 6.54 Å². The SMILES string of the molecule is O=C(NCC(O)Cn1ccccc1=O)c1ccccc1F. The summed E-state index contributed by atoms with van der Waals surface area (Å²) in [5.41, 5.74) is -0.321. The lowest BCUT2D eigenvalue weighted by Gasteiger charge is -2.13. The van der Waals surface area contributed by atoms with E-state index in [-0.39, 0.29) is 24.2 Å². The van der Waals surface area contributed by atoms with Gasteiger partial charge in [0.25, 0.3) is 11.5 Å². The van der Waals surface area contributed by atoms with E-state index >= 15 is 0 Å². The first-order chi connectivity index (χ1) is 10.1. The van der Waals surface area contributed by atoms with Crippen molar-refractivity contribution in [3.8, 4) is 0 Å². The Morgan fingerprint density at radius 1 is 1.24 bits per heavy atom. The molecule has 2 rings (SSSR count). The fourth-order valence-corrected chi connectivity index (χ4v) is 1.85. The Kier molecular flexibility index (Phi) is 4.84. The number of nitrogens with zero attached hydrogens (tertiary/aromatic N) is 1. The minimum Gasteiger partial charge on any atom is -0.389 e. The van der Waals surface area contributed by atoms with E-state index in [2.05, 4.69) is 5.32 Å². The van der Waals surface area contributed by atoms with Crippen molar-refractivity contribution < 1.29 is 14.3 Å². The van der Waals surface area contributed by atoms with E-state index < -0.39 is 17.8 Å².